The first-order chi connectivity index (χ1) is 14.6. The Bertz CT molecular complexity index is 1100. The average Bonchev–Trinajstić information content (AvgIpc) is 3.20. The molecule has 3 aromatic rings. The maximum absolute atomic E-state index is 13.4. The third kappa shape index (κ3) is 3.45. The van der Waals surface area contributed by atoms with E-state index in [0.717, 1.165) is 44.8 Å². The summed E-state index contributed by atoms with van der Waals surface area (Å²) in [5, 5.41) is 6.93. The molecule has 0 aromatic heterocycles. The van der Waals surface area contributed by atoms with Crippen LogP contribution >= 0.6 is 15.9 Å². The molecule has 0 amide bonds. The summed E-state index contributed by atoms with van der Waals surface area (Å²) in [6.07, 6.45) is 0.378. The minimum absolute atomic E-state index is 0.0443. The molecule has 0 saturated carbocycles. The fourth-order valence-electron chi connectivity index (χ4n) is 3.99. The molecule has 2 heterocycles. The number of ether oxygens (including phenoxy) is 2. The smallest absolute Gasteiger partial charge is 0.213 e. The van der Waals surface area contributed by atoms with Gasteiger partial charge in [0.2, 0.25) is 6.23 Å². The Morgan fingerprint density at radius 3 is 2.60 bits per heavy atom. The van der Waals surface area contributed by atoms with Gasteiger partial charge in [-0.1, -0.05) is 28.1 Å². The molecule has 30 heavy (non-hydrogen) atoms. The summed E-state index contributed by atoms with van der Waals surface area (Å²) in [7, 11) is 0. The Hall–Kier alpha value is -2.86. The zero-order valence-electron chi connectivity index (χ0n) is 16.4. The quantitative estimate of drug-likeness (QED) is 0.456. The molecule has 2 unspecified atom stereocenters. The van der Waals surface area contributed by atoms with Gasteiger partial charge in [-0.15, -0.1) is 0 Å². The van der Waals surface area contributed by atoms with E-state index in [1.807, 2.05) is 48.3 Å². The van der Waals surface area contributed by atoms with Gasteiger partial charge >= 0.3 is 0 Å². The fourth-order valence-corrected chi connectivity index (χ4v) is 4.37. The lowest BCUT2D eigenvalue weighted by Crippen LogP contribution is -2.33. The van der Waals surface area contributed by atoms with E-state index >= 15 is 0 Å². The standard InChI is InChI=1S/C24H20BrFN2O2/c1-2-29-19-10-5-16(6-11-19)24-28-22(20-13-17(25)7-12-23(20)30-24)14-21(27-28)15-3-8-18(26)9-4-15/h3-13,22,24H,2,14H2,1H3. The highest BCUT2D eigenvalue weighted by atomic mass is 79.9. The van der Waals surface area contributed by atoms with E-state index in [9.17, 15) is 4.39 Å². The topological polar surface area (TPSA) is 34.1 Å². The summed E-state index contributed by atoms with van der Waals surface area (Å²) in [5.74, 6) is 1.43. The predicted molar refractivity (Wildman–Crippen MR) is 117 cm³/mol. The monoisotopic (exact) mass is 466 g/mol. The van der Waals surface area contributed by atoms with E-state index in [0.29, 0.717) is 6.61 Å². The molecule has 6 heteroatoms. The molecule has 2 aliphatic rings. The Balaban J connectivity index is 1.55. The molecule has 2 aliphatic heterocycles. The molecule has 0 saturated heterocycles. The van der Waals surface area contributed by atoms with Crippen LogP contribution in [0.3, 0.4) is 0 Å². The molecule has 0 radical (unpaired) electrons. The molecule has 0 N–H and O–H groups in total. The maximum Gasteiger partial charge on any atom is 0.213 e. The molecule has 152 valence electrons. The SMILES string of the molecule is CCOc1ccc(C2Oc3ccc(Br)cc3C3CC(c4ccc(F)cc4)=NN32)cc1. The summed E-state index contributed by atoms with van der Waals surface area (Å²) in [5.41, 5.74) is 3.94. The van der Waals surface area contributed by atoms with Crippen molar-refractivity contribution in [2.24, 2.45) is 5.10 Å². The minimum atomic E-state index is -0.350. The zero-order chi connectivity index (χ0) is 20.7. The van der Waals surface area contributed by atoms with Crippen molar-refractivity contribution in [2.75, 3.05) is 6.61 Å². The van der Waals surface area contributed by atoms with Crippen LogP contribution in [0.5, 0.6) is 11.5 Å². The third-order valence-electron chi connectivity index (χ3n) is 5.41. The highest BCUT2D eigenvalue weighted by Crippen LogP contribution is 2.48. The predicted octanol–water partition coefficient (Wildman–Crippen LogP) is 6.23. The Labute approximate surface area is 183 Å². The summed E-state index contributed by atoms with van der Waals surface area (Å²) in [4.78, 5) is 0. The van der Waals surface area contributed by atoms with Gasteiger partial charge in [-0.05, 0) is 67.1 Å². The highest BCUT2D eigenvalue weighted by molar-refractivity contribution is 9.10. The number of fused-ring (bicyclic) bond motifs is 3. The molecule has 5 rings (SSSR count). The number of hydrogen-bond donors (Lipinski definition) is 0. The summed E-state index contributed by atoms with van der Waals surface area (Å²) in [6.45, 7) is 2.59. The van der Waals surface area contributed by atoms with Crippen LogP contribution < -0.4 is 9.47 Å². The lowest BCUT2D eigenvalue weighted by atomic mass is 9.96. The van der Waals surface area contributed by atoms with Gasteiger partial charge in [-0.25, -0.2) is 9.40 Å². The van der Waals surface area contributed by atoms with E-state index in [4.69, 9.17) is 14.6 Å². The van der Waals surface area contributed by atoms with Crippen molar-refractivity contribution in [2.45, 2.75) is 25.6 Å². The van der Waals surface area contributed by atoms with Gasteiger partial charge in [0.15, 0.2) is 0 Å². The van der Waals surface area contributed by atoms with Gasteiger partial charge in [0, 0.05) is 22.0 Å². The number of rotatable bonds is 4. The Morgan fingerprint density at radius 1 is 1.10 bits per heavy atom. The normalized spacial score (nSPS) is 19.6. The number of hydrazone groups is 1. The second kappa shape index (κ2) is 7.76. The van der Waals surface area contributed by atoms with Crippen LogP contribution in [0.25, 0.3) is 0 Å². The summed E-state index contributed by atoms with van der Waals surface area (Å²) >= 11 is 3.57. The number of hydrogen-bond acceptors (Lipinski definition) is 4. The summed E-state index contributed by atoms with van der Waals surface area (Å²) in [6, 6.07) is 20.6. The Morgan fingerprint density at radius 2 is 1.87 bits per heavy atom. The second-order valence-electron chi connectivity index (χ2n) is 7.31. The van der Waals surface area contributed by atoms with Crippen molar-refractivity contribution in [3.05, 3.63) is 93.7 Å². The van der Waals surface area contributed by atoms with E-state index in [1.54, 1.807) is 12.1 Å². The largest absolute Gasteiger partial charge is 0.494 e. The number of benzene rings is 3. The van der Waals surface area contributed by atoms with Crippen LogP contribution in [-0.2, 0) is 0 Å². The van der Waals surface area contributed by atoms with Crippen LogP contribution in [0.4, 0.5) is 4.39 Å². The molecule has 0 bridgehead atoms. The van der Waals surface area contributed by atoms with Gasteiger partial charge in [-0.2, -0.15) is 5.10 Å². The Kier molecular flexibility index (Phi) is 4.95. The molecule has 0 fully saturated rings. The van der Waals surface area contributed by atoms with Gasteiger partial charge in [-0.3, -0.25) is 0 Å². The number of nitrogens with zero attached hydrogens (tertiary/aromatic N) is 2. The number of halogens is 2. The van der Waals surface area contributed by atoms with E-state index in [-0.39, 0.29) is 18.1 Å². The maximum atomic E-state index is 13.4. The van der Waals surface area contributed by atoms with Crippen molar-refractivity contribution in [1.82, 2.24) is 5.01 Å². The highest BCUT2D eigenvalue weighted by Gasteiger charge is 2.41. The van der Waals surface area contributed by atoms with Gasteiger partial charge < -0.3 is 9.47 Å². The van der Waals surface area contributed by atoms with Crippen molar-refractivity contribution >= 4 is 21.6 Å². The van der Waals surface area contributed by atoms with Crippen molar-refractivity contribution in [3.8, 4) is 11.5 Å². The summed E-state index contributed by atoms with van der Waals surface area (Å²) < 4.78 is 26.4. The zero-order valence-corrected chi connectivity index (χ0v) is 18.0. The minimum Gasteiger partial charge on any atom is -0.494 e. The molecular weight excluding hydrogens is 447 g/mol. The van der Waals surface area contributed by atoms with Crippen LogP contribution in [0.2, 0.25) is 0 Å². The fraction of sp³-hybridized carbons (Fsp3) is 0.208. The van der Waals surface area contributed by atoms with Crippen molar-refractivity contribution in [1.29, 1.82) is 0 Å². The van der Waals surface area contributed by atoms with Crippen molar-refractivity contribution < 1.29 is 13.9 Å². The molecular formula is C24H20BrFN2O2. The molecule has 0 aliphatic carbocycles. The third-order valence-corrected chi connectivity index (χ3v) is 5.90. The first-order valence-electron chi connectivity index (χ1n) is 9.93. The van der Waals surface area contributed by atoms with Gasteiger partial charge in [0.25, 0.3) is 0 Å². The van der Waals surface area contributed by atoms with Crippen LogP contribution in [0.1, 0.15) is 42.3 Å². The average molecular weight is 467 g/mol. The first-order valence-corrected chi connectivity index (χ1v) is 10.7. The van der Waals surface area contributed by atoms with Crippen LogP contribution in [0, 0.1) is 5.82 Å². The molecule has 4 nitrogen and oxygen atoms in total. The lowest BCUT2D eigenvalue weighted by molar-refractivity contribution is -0.0191. The van der Waals surface area contributed by atoms with E-state index in [2.05, 4.69) is 22.0 Å². The van der Waals surface area contributed by atoms with Crippen LogP contribution in [-0.4, -0.2) is 17.3 Å². The van der Waals surface area contributed by atoms with Gasteiger partial charge in [0.1, 0.15) is 17.3 Å². The molecule has 0 spiro atoms. The van der Waals surface area contributed by atoms with Gasteiger partial charge in [0.05, 0.1) is 18.4 Å². The second-order valence-corrected chi connectivity index (χ2v) is 8.22. The lowest BCUT2D eigenvalue weighted by Gasteiger charge is -2.38. The molecule has 2 atom stereocenters. The van der Waals surface area contributed by atoms with Crippen LogP contribution in [0.15, 0.2) is 76.3 Å². The first kappa shape index (κ1) is 19.1. The molecule has 3 aromatic carbocycles. The van der Waals surface area contributed by atoms with E-state index in [1.165, 1.54) is 12.1 Å². The van der Waals surface area contributed by atoms with Crippen molar-refractivity contribution in [3.63, 3.8) is 0 Å². The van der Waals surface area contributed by atoms with E-state index < -0.39 is 0 Å².